The molecule has 4 aromatic carbocycles. The predicted octanol–water partition coefficient (Wildman–Crippen LogP) is 8.01. The maximum Gasteiger partial charge on any atom is 0.214 e. The summed E-state index contributed by atoms with van der Waals surface area (Å²) < 4.78 is 5.05. The molecule has 204 valence electrons. The Hall–Kier alpha value is -4.76. The van der Waals surface area contributed by atoms with Crippen LogP contribution in [0.25, 0.3) is 56.3 Å². The lowest BCUT2D eigenvalue weighted by molar-refractivity contribution is -0.686. The van der Waals surface area contributed by atoms with Gasteiger partial charge in [0.15, 0.2) is 6.20 Å². The fraction of sp³-hybridized carbons (Fsp3) is 0.179. The van der Waals surface area contributed by atoms with Gasteiger partial charge in [0.25, 0.3) is 0 Å². The zero-order chi connectivity index (χ0) is 28.0. The zero-order valence-electron chi connectivity index (χ0n) is 24.1. The molecule has 6 aromatic rings. The molecule has 8 rings (SSSR count). The van der Waals surface area contributed by atoms with Gasteiger partial charge in [-0.25, -0.2) is 0 Å². The van der Waals surface area contributed by atoms with E-state index in [2.05, 4.69) is 130 Å². The van der Waals surface area contributed by atoms with Crippen molar-refractivity contribution in [3.8, 4) is 22.5 Å². The number of para-hydroxylation sites is 1. The summed E-state index contributed by atoms with van der Waals surface area (Å²) in [6.07, 6.45) is 11.4. The van der Waals surface area contributed by atoms with Crippen molar-refractivity contribution in [3.05, 3.63) is 126 Å². The van der Waals surface area contributed by atoms with Crippen LogP contribution in [0.3, 0.4) is 0 Å². The summed E-state index contributed by atoms with van der Waals surface area (Å²) in [4.78, 5) is 0. The number of pyridine rings is 2. The van der Waals surface area contributed by atoms with Crippen molar-refractivity contribution in [1.29, 1.82) is 0 Å². The molecule has 0 radical (unpaired) electrons. The number of aromatic nitrogens is 2. The molecule has 2 aliphatic heterocycles. The molecule has 3 heteroatoms. The summed E-state index contributed by atoms with van der Waals surface area (Å²) in [7, 11) is 1.97. The van der Waals surface area contributed by atoms with E-state index in [1.807, 2.05) is 7.05 Å². The minimum atomic E-state index is 1.03. The van der Waals surface area contributed by atoms with Crippen LogP contribution in [0.2, 0.25) is 0 Å². The highest BCUT2D eigenvalue weighted by molar-refractivity contribution is 5.94. The average Bonchev–Trinajstić information content (AvgIpc) is 3.35. The first-order valence-corrected chi connectivity index (χ1v) is 15.3. The van der Waals surface area contributed by atoms with Gasteiger partial charge < -0.3 is 5.32 Å². The number of nitrogens with zero attached hydrogens (tertiary/aromatic N) is 2. The maximum atomic E-state index is 3.24. The van der Waals surface area contributed by atoms with E-state index in [1.54, 1.807) is 0 Å². The summed E-state index contributed by atoms with van der Waals surface area (Å²) in [6, 6.07) is 36.2. The van der Waals surface area contributed by atoms with Crippen molar-refractivity contribution in [2.45, 2.75) is 38.8 Å². The molecule has 1 N–H and O–H groups in total. The van der Waals surface area contributed by atoms with E-state index < -0.39 is 0 Å². The second kappa shape index (κ2) is 10.3. The van der Waals surface area contributed by atoms with Crippen molar-refractivity contribution in [2.75, 3.05) is 12.4 Å². The smallest absolute Gasteiger partial charge is 0.214 e. The van der Waals surface area contributed by atoms with E-state index >= 15 is 0 Å². The Labute approximate surface area is 247 Å². The van der Waals surface area contributed by atoms with Gasteiger partial charge in [0.2, 0.25) is 16.9 Å². The van der Waals surface area contributed by atoms with Crippen molar-refractivity contribution in [1.82, 2.24) is 0 Å². The van der Waals surface area contributed by atoms with Crippen LogP contribution in [0.1, 0.15) is 35.1 Å². The molecular weight excluding hydrogens is 510 g/mol. The van der Waals surface area contributed by atoms with Crippen LogP contribution in [0, 0.1) is 0 Å². The maximum absolute atomic E-state index is 3.24. The van der Waals surface area contributed by atoms with E-state index in [-0.39, 0.29) is 0 Å². The Balaban J connectivity index is 1.34. The number of fused-ring (bicyclic) bond motifs is 10. The number of nitrogens with one attached hydrogen (secondary N) is 1. The lowest BCUT2D eigenvalue weighted by atomic mass is 9.88. The standard InChI is InChI=1S/C39H34N3/c1-40-33-20-19-30-24-27(13-15-31(30)25-33)14-16-32-26-37-39-29(9-7-23-42(37)35-11-3-2-10-34(32)35)18-17-28-8-6-22-41-21-5-4-12-36(41)38(28)39/h2-5,10-21,24-26H,6-9,22-23H2,1H3/q+1/p+1. The molecule has 42 heavy (non-hydrogen) atoms. The molecular formula is C39H35N3+2. The number of rotatable bonds is 3. The second-order valence-electron chi connectivity index (χ2n) is 11.7. The van der Waals surface area contributed by atoms with E-state index in [9.17, 15) is 0 Å². The van der Waals surface area contributed by atoms with Crippen molar-refractivity contribution in [2.24, 2.45) is 0 Å². The third-order valence-corrected chi connectivity index (χ3v) is 9.20. The van der Waals surface area contributed by atoms with Gasteiger partial charge in [0.1, 0.15) is 13.1 Å². The third-order valence-electron chi connectivity index (χ3n) is 9.20. The van der Waals surface area contributed by atoms with Gasteiger partial charge in [-0.05, 0) is 76.2 Å². The molecule has 0 saturated carbocycles. The van der Waals surface area contributed by atoms with Gasteiger partial charge in [0.05, 0.1) is 16.5 Å². The van der Waals surface area contributed by atoms with Crippen molar-refractivity contribution >= 4 is 39.5 Å². The topological polar surface area (TPSA) is 19.8 Å². The van der Waals surface area contributed by atoms with Crippen LogP contribution in [-0.4, -0.2) is 7.05 Å². The van der Waals surface area contributed by atoms with Crippen LogP contribution in [0.5, 0.6) is 0 Å². The molecule has 0 atom stereocenters. The summed E-state index contributed by atoms with van der Waals surface area (Å²) in [5.74, 6) is 0. The van der Waals surface area contributed by atoms with E-state index in [1.165, 1.54) is 72.9 Å². The minimum Gasteiger partial charge on any atom is -0.388 e. The Morgan fingerprint density at radius 1 is 0.667 bits per heavy atom. The molecule has 0 bridgehead atoms. The Bertz CT molecular complexity index is 2030. The Morgan fingerprint density at radius 2 is 1.43 bits per heavy atom. The number of aryl methyl sites for hydroxylation is 4. The predicted molar refractivity (Wildman–Crippen MR) is 174 cm³/mol. The number of anilines is 1. The normalized spacial score (nSPS) is 14.1. The number of hydrogen-bond acceptors (Lipinski definition) is 1. The quantitative estimate of drug-likeness (QED) is 0.223. The van der Waals surface area contributed by atoms with E-state index in [0.717, 1.165) is 38.0 Å². The molecule has 3 nitrogen and oxygen atoms in total. The molecule has 0 spiro atoms. The molecule has 2 aliphatic rings. The summed E-state index contributed by atoms with van der Waals surface area (Å²) in [6.45, 7) is 2.09. The van der Waals surface area contributed by atoms with Crippen LogP contribution in [0.4, 0.5) is 5.69 Å². The highest BCUT2D eigenvalue weighted by Gasteiger charge is 2.32. The first-order chi connectivity index (χ1) is 20.8. The summed E-state index contributed by atoms with van der Waals surface area (Å²) >= 11 is 0. The van der Waals surface area contributed by atoms with Crippen LogP contribution in [0.15, 0.2) is 103 Å². The van der Waals surface area contributed by atoms with Crippen molar-refractivity contribution in [3.63, 3.8) is 0 Å². The average molecular weight is 546 g/mol. The van der Waals surface area contributed by atoms with Crippen LogP contribution in [-0.2, 0) is 25.9 Å². The minimum absolute atomic E-state index is 1.03. The van der Waals surface area contributed by atoms with Gasteiger partial charge in [-0.2, -0.15) is 9.13 Å². The molecule has 0 saturated heterocycles. The number of hydrogen-bond donors (Lipinski definition) is 1. The fourth-order valence-corrected chi connectivity index (χ4v) is 7.14. The van der Waals surface area contributed by atoms with E-state index in [4.69, 9.17) is 0 Å². The third kappa shape index (κ3) is 4.19. The van der Waals surface area contributed by atoms with Crippen LogP contribution >= 0.6 is 0 Å². The highest BCUT2D eigenvalue weighted by Crippen LogP contribution is 2.40. The second-order valence-corrected chi connectivity index (χ2v) is 11.7. The zero-order valence-corrected chi connectivity index (χ0v) is 24.1. The molecule has 4 heterocycles. The molecule has 0 unspecified atom stereocenters. The van der Waals surface area contributed by atoms with Gasteiger partial charge in [-0.3, -0.25) is 0 Å². The highest BCUT2D eigenvalue weighted by atomic mass is 15.0. The van der Waals surface area contributed by atoms with Gasteiger partial charge in [0, 0.05) is 49.8 Å². The lowest BCUT2D eigenvalue weighted by Crippen LogP contribution is -2.37. The molecule has 0 fully saturated rings. The molecule has 0 amide bonds. The van der Waals surface area contributed by atoms with Gasteiger partial charge in [-0.15, -0.1) is 0 Å². The molecule has 0 aliphatic carbocycles. The SMILES string of the molecule is CNc1ccc2cc(/C=C/c3cc4[n+](c5ccccc35)CCCc3ccc5c(c3-4)-c3cccc[n+]3CCC5)ccc2c1. The fourth-order valence-electron chi connectivity index (χ4n) is 7.14. The Kier molecular flexibility index (Phi) is 6.10. The summed E-state index contributed by atoms with van der Waals surface area (Å²) in [5.41, 5.74) is 13.4. The first-order valence-electron chi connectivity index (χ1n) is 15.3. The first kappa shape index (κ1) is 25.0. The lowest BCUT2D eigenvalue weighted by Gasteiger charge is -2.15. The number of benzene rings is 4. The van der Waals surface area contributed by atoms with Crippen LogP contribution < -0.4 is 14.5 Å². The Morgan fingerprint density at radius 3 is 2.31 bits per heavy atom. The largest absolute Gasteiger partial charge is 0.388 e. The monoisotopic (exact) mass is 545 g/mol. The van der Waals surface area contributed by atoms with Crippen molar-refractivity contribution < 1.29 is 9.13 Å². The van der Waals surface area contributed by atoms with E-state index in [0.29, 0.717) is 0 Å². The van der Waals surface area contributed by atoms with Gasteiger partial charge in [-0.1, -0.05) is 54.6 Å². The molecule has 2 aromatic heterocycles. The summed E-state index contributed by atoms with van der Waals surface area (Å²) in [5, 5.41) is 7.05. The van der Waals surface area contributed by atoms with Gasteiger partial charge >= 0.3 is 0 Å².